The Kier molecular flexibility index (Phi) is 4.72. The molecule has 0 aliphatic carbocycles. The van der Waals surface area contributed by atoms with Crippen molar-refractivity contribution in [2.75, 3.05) is 6.61 Å². The third kappa shape index (κ3) is 3.68. The molecule has 0 aliphatic heterocycles. The van der Waals surface area contributed by atoms with Gasteiger partial charge in [0.05, 0.1) is 12.3 Å². The molecule has 4 nitrogen and oxygen atoms in total. The summed E-state index contributed by atoms with van der Waals surface area (Å²) in [6.45, 7) is 2.13. The number of benzene rings is 1. The van der Waals surface area contributed by atoms with Crippen LogP contribution in [0, 0.1) is 0 Å². The molecule has 0 radical (unpaired) electrons. The van der Waals surface area contributed by atoms with Crippen molar-refractivity contribution in [3.8, 4) is 0 Å². The molecule has 19 heavy (non-hydrogen) atoms. The first-order chi connectivity index (χ1) is 9.31. The molecular formula is C15H17NO3. The number of aryl methyl sites for hydroxylation is 2. The van der Waals surface area contributed by atoms with Gasteiger partial charge in [-0.25, -0.2) is 4.79 Å². The van der Waals surface area contributed by atoms with Gasteiger partial charge in [-0.05, 0) is 31.7 Å². The lowest BCUT2D eigenvalue weighted by atomic mass is 10.1. The van der Waals surface area contributed by atoms with Crippen LogP contribution in [0.4, 0.5) is 0 Å². The molecule has 0 saturated heterocycles. The normalized spacial score (nSPS) is 10.4. The highest BCUT2D eigenvalue weighted by molar-refractivity contribution is 5.90. The van der Waals surface area contributed by atoms with E-state index in [-0.39, 0.29) is 5.97 Å². The van der Waals surface area contributed by atoms with Crippen LogP contribution in [0.2, 0.25) is 0 Å². The molecule has 2 aromatic rings. The van der Waals surface area contributed by atoms with Crippen LogP contribution in [-0.4, -0.2) is 17.7 Å². The fourth-order valence-electron chi connectivity index (χ4n) is 1.92. The maximum atomic E-state index is 11.6. The Labute approximate surface area is 112 Å². The lowest BCUT2D eigenvalue weighted by Gasteiger charge is -2.02. The van der Waals surface area contributed by atoms with Crippen molar-refractivity contribution in [1.82, 2.24) is 5.16 Å². The van der Waals surface area contributed by atoms with Crippen molar-refractivity contribution in [3.63, 3.8) is 0 Å². The van der Waals surface area contributed by atoms with Gasteiger partial charge < -0.3 is 9.26 Å². The first kappa shape index (κ1) is 13.3. The van der Waals surface area contributed by atoms with Crippen molar-refractivity contribution < 1.29 is 14.1 Å². The van der Waals surface area contributed by atoms with Crippen molar-refractivity contribution in [2.45, 2.75) is 26.2 Å². The lowest BCUT2D eigenvalue weighted by molar-refractivity contribution is 0.0524. The summed E-state index contributed by atoms with van der Waals surface area (Å²) < 4.78 is 9.82. The minimum atomic E-state index is -0.363. The Hall–Kier alpha value is -2.10. The molecule has 0 atom stereocenters. The summed E-state index contributed by atoms with van der Waals surface area (Å²) in [5.41, 5.74) is 2.40. The van der Waals surface area contributed by atoms with Gasteiger partial charge in [-0.15, -0.1) is 0 Å². The van der Waals surface area contributed by atoms with E-state index >= 15 is 0 Å². The molecule has 0 saturated carbocycles. The van der Waals surface area contributed by atoms with Gasteiger partial charge in [0.2, 0.25) is 0 Å². The molecule has 0 unspecified atom stereocenters. The monoisotopic (exact) mass is 259 g/mol. The molecule has 0 aliphatic rings. The molecule has 100 valence electrons. The minimum Gasteiger partial charge on any atom is -0.462 e. The topological polar surface area (TPSA) is 52.3 Å². The Balaban J connectivity index is 1.90. The van der Waals surface area contributed by atoms with Crippen LogP contribution >= 0.6 is 0 Å². The molecule has 1 aromatic carbocycles. The van der Waals surface area contributed by atoms with Crippen LogP contribution in [0.25, 0.3) is 0 Å². The highest BCUT2D eigenvalue weighted by Gasteiger charge is 2.16. The zero-order valence-corrected chi connectivity index (χ0v) is 11.0. The number of rotatable bonds is 6. The van der Waals surface area contributed by atoms with Crippen molar-refractivity contribution in [1.29, 1.82) is 0 Å². The molecule has 4 heteroatoms. The Morgan fingerprint density at radius 1 is 1.26 bits per heavy atom. The first-order valence-corrected chi connectivity index (χ1v) is 6.45. The largest absolute Gasteiger partial charge is 0.462 e. The van der Waals surface area contributed by atoms with Crippen molar-refractivity contribution in [3.05, 3.63) is 53.4 Å². The van der Waals surface area contributed by atoms with Gasteiger partial charge in [0.25, 0.3) is 0 Å². The number of carbonyl (C=O) groups excluding carboxylic acids is 1. The van der Waals surface area contributed by atoms with Crippen LogP contribution in [0.1, 0.15) is 35.0 Å². The summed E-state index contributed by atoms with van der Waals surface area (Å²) in [6, 6.07) is 10.2. The van der Waals surface area contributed by atoms with Crippen LogP contribution in [-0.2, 0) is 17.6 Å². The molecule has 0 spiro atoms. The molecule has 0 fully saturated rings. The summed E-state index contributed by atoms with van der Waals surface area (Å²) in [7, 11) is 0. The number of aromatic nitrogens is 1. The van der Waals surface area contributed by atoms with E-state index < -0.39 is 0 Å². The number of ether oxygens (including phenoxy) is 1. The van der Waals surface area contributed by atoms with Gasteiger partial charge in [0, 0.05) is 0 Å². The summed E-state index contributed by atoms with van der Waals surface area (Å²) in [4.78, 5) is 11.6. The zero-order valence-electron chi connectivity index (χ0n) is 11.0. The second kappa shape index (κ2) is 6.73. The maximum absolute atomic E-state index is 11.6. The predicted octanol–water partition coefficient (Wildman–Crippen LogP) is 3.03. The summed E-state index contributed by atoms with van der Waals surface area (Å²) in [6.07, 6.45) is 3.94. The summed E-state index contributed by atoms with van der Waals surface area (Å²) >= 11 is 0. The Bertz CT molecular complexity index is 519. The average molecular weight is 259 g/mol. The quantitative estimate of drug-likeness (QED) is 0.748. The molecule has 0 amide bonds. The van der Waals surface area contributed by atoms with E-state index in [1.807, 2.05) is 18.2 Å². The van der Waals surface area contributed by atoms with Crippen LogP contribution in [0.5, 0.6) is 0 Å². The lowest BCUT2D eigenvalue weighted by Crippen LogP contribution is -2.07. The molecule has 0 N–H and O–H groups in total. The van der Waals surface area contributed by atoms with Gasteiger partial charge in [-0.3, -0.25) is 0 Å². The van der Waals surface area contributed by atoms with Crippen molar-refractivity contribution in [2.24, 2.45) is 0 Å². The fourth-order valence-corrected chi connectivity index (χ4v) is 1.92. The average Bonchev–Trinajstić information content (AvgIpc) is 2.89. The van der Waals surface area contributed by atoms with Crippen LogP contribution in [0.3, 0.4) is 0 Å². The number of hydrogen-bond acceptors (Lipinski definition) is 4. The molecule has 0 bridgehead atoms. The van der Waals surface area contributed by atoms with Gasteiger partial charge in [0.15, 0.2) is 0 Å². The summed E-state index contributed by atoms with van der Waals surface area (Å²) in [5.74, 6) is -0.363. The standard InChI is InChI=1S/C15H17NO3/c1-2-18-15(17)13-11-19-16-14(13)10-6-9-12-7-4-3-5-8-12/h3-5,7-8,11H,2,6,9-10H2,1H3. The highest BCUT2D eigenvalue weighted by atomic mass is 16.5. The van der Waals surface area contributed by atoms with Crippen molar-refractivity contribution >= 4 is 5.97 Å². The SMILES string of the molecule is CCOC(=O)c1conc1CCCc1ccccc1. The maximum Gasteiger partial charge on any atom is 0.343 e. The fraction of sp³-hybridized carbons (Fsp3) is 0.333. The van der Waals surface area contributed by atoms with Crippen LogP contribution in [0.15, 0.2) is 41.1 Å². The highest BCUT2D eigenvalue weighted by Crippen LogP contribution is 2.13. The summed E-state index contributed by atoms with van der Waals surface area (Å²) in [5, 5.41) is 3.87. The zero-order chi connectivity index (χ0) is 13.5. The second-order valence-corrected chi connectivity index (χ2v) is 4.23. The Morgan fingerprint density at radius 2 is 2.05 bits per heavy atom. The van der Waals surface area contributed by atoms with Gasteiger partial charge >= 0.3 is 5.97 Å². The molecule has 2 rings (SSSR count). The first-order valence-electron chi connectivity index (χ1n) is 6.45. The minimum absolute atomic E-state index is 0.355. The van der Waals surface area contributed by atoms with Gasteiger partial charge in [-0.1, -0.05) is 35.5 Å². The van der Waals surface area contributed by atoms with E-state index in [1.54, 1.807) is 6.92 Å². The second-order valence-electron chi connectivity index (χ2n) is 4.23. The molecular weight excluding hydrogens is 242 g/mol. The van der Waals surface area contributed by atoms with E-state index in [1.165, 1.54) is 11.8 Å². The van der Waals surface area contributed by atoms with E-state index in [0.29, 0.717) is 24.3 Å². The smallest absolute Gasteiger partial charge is 0.343 e. The van der Waals surface area contributed by atoms with E-state index in [0.717, 1.165) is 12.8 Å². The Morgan fingerprint density at radius 3 is 2.79 bits per heavy atom. The number of esters is 1. The molecule has 1 heterocycles. The predicted molar refractivity (Wildman–Crippen MR) is 70.9 cm³/mol. The van der Waals surface area contributed by atoms with Crippen LogP contribution < -0.4 is 0 Å². The third-order valence-corrected chi connectivity index (χ3v) is 2.86. The van der Waals surface area contributed by atoms with Gasteiger partial charge in [0.1, 0.15) is 11.8 Å². The van der Waals surface area contributed by atoms with E-state index in [4.69, 9.17) is 9.26 Å². The number of carbonyl (C=O) groups is 1. The third-order valence-electron chi connectivity index (χ3n) is 2.86. The number of nitrogens with zero attached hydrogens (tertiary/aromatic N) is 1. The molecule has 1 aromatic heterocycles. The number of hydrogen-bond donors (Lipinski definition) is 0. The van der Waals surface area contributed by atoms with E-state index in [9.17, 15) is 4.79 Å². The van der Waals surface area contributed by atoms with E-state index in [2.05, 4.69) is 17.3 Å². The van der Waals surface area contributed by atoms with Gasteiger partial charge in [-0.2, -0.15) is 0 Å².